The standard InChI is InChI=1S/C16H22ClNO5/c1-16(2,3)23-15(22)18-7-6-13(20)14(21)11-8-10(9-19)4-5-12(11)17/h4-5,8-9,13-14,20-21H,6-7H2,1-3H3,(H,18,22). The van der Waals surface area contributed by atoms with Gasteiger partial charge in [0.1, 0.15) is 18.0 Å². The molecular weight excluding hydrogens is 322 g/mol. The van der Waals surface area contributed by atoms with Crippen LogP contribution in [0.2, 0.25) is 5.02 Å². The molecule has 2 unspecified atom stereocenters. The number of carbonyl (C=O) groups is 2. The van der Waals surface area contributed by atoms with Gasteiger partial charge < -0.3 is 20.3 Å². The predicted molar refractivity (Wildman–Crippen MR) is 86.7 cm³/mol. The minimum absolute atomic E-state index is 0.0993. The van der Waals surface area contributed by atoms with E-state index in [0.717, 1.165) is 0 Å². The van der Waals surface area contributed by atoms with E-state index in [4.69, 9.17) is 16.3 Å². The maximum Gasteiger partial charge on any atom is 0.407 e. The topological polar surface area (TPSA) is 95.9 Å². The Hall–Kier alpha value is -1.63. The van der Waals surface area contributed by atoms with Crippen LogP contribution in [0.3, 0.4) is 0 Å². The molecule has 0 spiro atoms. The first kappa shape index (κ1) is 19.4. The van der Waals surface area contributed by atoms with E-state index in [1.807, 2.05) is 0 Å². The van der Waals surface area contributed by atoms with Crippen LogP contribution in [-0.4, -0.2) is 40.8 Å². The van der Waals surface area contributed by atoms with Gasteiger partial charge in [-0.15, -0.1) is 0 Å². The number of amides is 1. The monoisotopic (exact) mass is 343 g/mol. The van der Waals surface area contributed by atoms with Crippen LogP contribution >= 0.6 is 11.6 Å². The second-order valence-corrected chi connectivity index (χ2v) is 6.54. The first-order valence-electron chi connectivity index (χ1n) is 7.21. The van der Waals surface area contributed by atoms with Crippen molar-refractivity contribution in [2.75, 3.05) is 6.54 Å². The third kappa shape index (κ3) is 6.56. The Morgan fingerprint density at radius 3 is 2.61 bits per heavy atom. The predicted octanol–water partition coefficient (Wildman–Crippen LogP) is 2.46. The van der Waals surface area contributed by atoms with Crippen LogP contribution in [0.1, 0.15) is 49.2 Å². The van der Waals surface area contributed by atoms with E-state index in [-0.39, 0.29) is 23.6 Å². The molecule has 2 atom stereocenters. The van der Waals surface area contributed by atoms with Gasteiger partial charge in [0, 0.05) is 22.7 Å². The number of aliphatic hydroxyl groups is 2. The molecule has 0 bridgehead atoms. The van der Waals surface area contributed by atoms with Gasteiger partial charge in [-0.3, -0.25) is 4.79 Å². The molecule has 1 aromatic carbocycles. The molecule has 0 radical (unpaired) electrons. The van der Waals surface area contributed by atoms with Gasteiger partial charge in [0.2, 0.25) is 0 Å². The Balaban J connectivity index is 2.56. The highest BCUT2D eigenvalue weighted by Gasteiger charge is 2.22. The van der Waals surface area contributed by atoms with Gasteiger partial charge in [-0.05, 0) is 39.3 Å². The maximum atomic E-state index is 11.5. The Morgan fingerprint density at radius 1 is 1.39 bits per heavy atom. The molecule has 0 saturated heterocycles. The van der Waals surface area contributed by atoms with Gasteiger partial charge in [-0.2, -0.15) is 0 Å². The lowest BCUT2D eigenvalue weighted by Gasteiger charge is -2.21. The highest BCUT2D eigenvalue weighted by Crippen LogP contribution is 2.27. The van der Waals surface area contributed by atoms with Crippen LogP contribution < -0.4 is 5.32 Å². The Morgan fingerprint density at radius 2 is 2.04 bits per heavy atom. The molecule has 0 heterocycles. The normalized spacial score (nSPS) is 14.0. The summed E-state index contributed by atoms with van der Waals surface area (Å²) in [6, 6.07) is 4.42. The van der Waals surface area contributed by atoms with Crippen LogP contribution in [0.4, 0.5) is 4.79 Å². The molecule has 1 rings (SSSR count). The Kier molecular flexibility index (Phi) is 7.00. The summed E-state index contributed by atoms with van der Waals surface area (Å²) < 4.78 is 5.06. The van der Waals surface area contributed by atoms with Crippen LogP contribution in [-0.2, 0) is 4.74 Å². The van der Waals surface area contributed by atoms with E-state index in [1.165, 1.54) is 18.2 Å². The SMILES string of the molecule is CC(C)(C)OC(=O)NCCC(O)C(O)c1cc(C=O)ccc1Cl. The minimum Gasteiger partial charge on any atom is -0.444 e. The Labute approximate surface area is 140 Å². The number of carbonyl (C=O) groups excluding carboxylic acids is 2. The van der Waals surface area contributed by atoms with Crippen molar-refractivity contribution in [1.82, 2.24) is 5.32 Å². The number of aldehydes is 1. The van der Waals surface area contributed by atoms with Crippen molar-refractivity contribution in [2.24, 2.45) is 0 Å². The molecule has 0 saturated carbocycles. The fraction of sp³-hybridized carbons (Fsp3) is 0.500. The Bertz CT molecular complexity index is 556. The van der Waals surface area contributed by atoms with Gasteiger partial charge in [0.25, 0.3) is 0 Å². The van der Waals surface area contributed by atoms with Gasteiger partial charge in [-0.1, -0.05) is 17.7 Å². The fourth-order valence-electron chi connectivity index (χ4n) is 1.86. The van der Waals surface area contributed by atoms with Gasteiger partial charge >= 0.3 is 6.09 Å². The van der Waals surface area contributed by atoms with E-state index < -0.39 is 23.9 Å². The zero-order valence-electron chi connectivity index (χ0n) is 13.4. The molecule has 0 aliphatic rings. The zero-order valence-corrected chi connectivity index (χ0v) is 14.1. The summed E-state index contributed by atoms with van der Waals surface area (Å²) in [6.45, 7) is 5.35. The fourth-order valence-corrected chi connectivity index (χ4v) is 2.09. The number of hydrogen-bond donors (Lipinski definition) is 3. The number of halogens is 1. The third-order valence-corrected chi connectivity index (χ3v) is 3.29. The minimum atomic E-state index is -1.26. The van der Waals surface area contributed by atoms with E-state index in [2.05, 4.69) is 5.32 Å². The smallest absolute Gasteiger partial charge is 0.407 e. The summed E-state index contributed by atoms with van der Waals surface area (Å²) in [4.78, 5) is 22.3. The van der Waals surface area contributed by atoms with Crippen LogP contribution in [0, 0.1) is 0 Å². The van der Waals surface area contributed by atoms with Crippen molar-refractivity contribution in [1.29, 1.82) is 0 Å². The summed E-state index contributed by atoms with van der Waals surface area (Å²) >= 11 is 5.97. The molecule has 23 heavy (non-hydrogen) atoms. The van der Waals surface area contributed by atoms with Crippen molar-refractivity contribution in [3.63, 3.8) is 0 Å². The molecule has 6 nitrogen and oxygen atoms in total. The summed E-state index contributed by atoms with van der Waals surface area (Å²) in [6.07, 6.45) is -2.28. The first-order valence-corrected chi connectivity index (χ1v) is 7.59. The molecule has 0 aliphatic heterocycles. The molecule has 128 valence electrons. The van der Waals surface area contributed by atoms with Gasteiger partial charge in [-0.25, -0.2) is 4.79 Å². The second-order valence-electron chi connectivity index (χ2n) is 6.13. The molecular formula is C16H22ClNO5. The van der Waals surface area contributed by atoms with Gasteiger partial charge in [0.05, 0.1) is 6.10 Å². The maximum absolute atomic E-state index is 11.5. The van der Waals surface area contributed by atoms with Crippen molar-refractivity contribution < 1.29 is 24.5 Å². The third-order valence-electron chi connectivity index (χ3n) is 2.95. The van der Waals surface area contributed by atoms with Crippen molar-refractivity contribution in [2.45, 2.75) is 45.0 Å². The number of nitrogens with one attached hydrogen (secondary N) is 1. The van der Waals surface area contributed by atoms with Crippen molar-refractivity contribution in [3.8, 4) is 0 Å². The number of benzene rings is 1. The molecule has 0 aliphatic carbocycles. The molecule has 3 N–H and O–H groups in total. The number of ether oxygens (including phenoxy) is 1. The number of rotatable bonds is 6. The van der Waals surface area contributed by atoms with E-state index in [0.29, 0.717) is 11.8 Å². The van der Waals surface area contributed by atoms with Gasteiger partial charge in [0.15, 0.2) is 0 Å². The van der Waals surface area contributed by atoms with E-state index in [1.54, 1.807) is 20.8 Å². The molecule has 1 aromatic rings. The lowest BCUT2D eigenvalue weighted by molar-refractivity contribution is 0.0123. The number of aliphatic hydroxyl groups excluding tert-OH is 2. The lowest BCUT2D eigenvalue weighted by atomic mass is 10.0. The summed E-state index contributed by atoms with van der Waals surface area (Å²) in [5, 5.41) is 22.9. The van der Waals surface area contributed by atoms with Crippen LogP contribution in [0.15, 0.2) is 18.2 Å². The summed E-state index contributed by atoms with van der Waals surface area (Å²) in [7, 11) is 0. The highest BCUT2D eigenvalue weighted by molar-refractivity contribution is 6.31. The molecule has 7 heteroatoms. The van der Waals surface area contributed by atoms with E-state index >= 15 is 0 Å². The average Bonchev–Trinajstić information content (AvgIpc) is 2.45. The second kappa shape index (κ2) is 8.29. The number of alkyl carbamates (subject to hydrolysis) is 1. The molecule has 0 fully saturated rings. The largest absolute Gasteiger partial charge is 0.444 e. The van der Waals surface area contributed by atoms with Crippen LogP contribution in [0.5, 0.6) is 0 Å². The van der Waals surface area contributed by atoms with Crippen molar-refractivity contribution in [3.05, 3.63) is 34.3 Å². The molecule has 0 aromatic heterocycles. The average molecular weight is 344 g/mol. The highest BCUT2D eigenvalue weighted by atomic mass is 35.5. The van der Waals surface area contributed by atoms with Crippen LogP contribution in [0.25, 0.3) is 0 Å². The quantitative estimate of drug-likeness (QED) is 0.689. The number of hydrogen-bond acceptors (Lipinski definition) is 5. The first-order chi connectivity index (χ1) is 10.6. The summed E-state index contributed by atoms with van der Waals surface area (Å²) in [5.74, 6) is 0. The van der Waals surface area contributed by atoms with Crippen molar-refractivity contribution >= 4 is 24.0 Å². The van der Waals surface area contributed by atoms with E-state index in [9.17, 15) is 19.8 Å². The zero-order chi connectivity index (χ0) is 17.6. The summed E-state index contributed by atoms with van der Waals surface area (Å²) in [5.41, 5.74) is 0.00827. The lowest BCUT2D eigenvalue weighted by Crippen LogP contribution is -2.34. The molecule has 1 amide bonds.